The van der Waals surface area contributed by atoms with Crippen molar-refractivity contribution in [2.75, 3.05) is 0 Å². The van der Waals surface area contributed by atoms with Gasteiger partial charge in [-0.1, -0.05) is 19.4 Å². The van der Waals surface area contributed by atoms with Gasteiger partial charge in [0.25, 0.3) is 0 Å². The number of pyridine rings is 1. The van der Waals surface area contributed by atoms with Crippen molar-refractivity contribution in [2.24, 2.45) is 5.92 Å². The van der Waals surface area contributed by atoms with Crippen molar-refractivity contribution in [1.82, 2.24) is 9.97 Å². The molecule has 0 aliphatic heterocycles. The van der Waals surface area contributed by atoms with E-state index >= 15 is 0 Å². The third-order valence-corrected chi connectivity index (χ3v) is 3.31. The third kappa shape index (κ3) is 1.37. The summed E-state index contributed by atoms with van der Waals surface area (Å²) in [5.74, 6) is 0.620. The Morgan fingerprint density at radius 1 is 1.31 bits per heavy atom. The van der Waals surface area contributed by atoms with Crippen LogP contribution in [0, 0.1) is 12.8 Å². The van der Waals surface area contributed by atoms with Crippen LogP contribution in [-0.2, 0) is 6.42 Å². The third-order valence-electron chi connectivity index (χ3n) is 3.31. The van der Waals surface area contributed by atoms with Crippen LogP contribution in [0.4, 0.5) is 0 Å². The van der Waals surface area contributed by atoms with Crippen LogP contribution < -0.4 is 0 Å². The molecule has 0 spiro atoms. The van der Waals surface area contributed by atoms with Gasteiger partial charge in [-0.3, -0.25) is 0 Å². The maximum atomic E-state index is 4.68. The van der Waals surface area contributed by atoms with Gasteiger partial charge in [0.2, 0.25) is 0 Å². The minimum atomic E-state index is 0.620. The number of aromatic amines is 1. The topological polar surface area (TPSA) is 28.7 Å². The molecule has 2 heteroatoms. The number of rotatable bonds is 1. The summed E-state index contributed by atoms with van der Waals surface area (Å²) in [6.45, 7) is 6.56. The second-order valence-corrected chi connectivity index (χ2v) is 4.97. The molecule has 3 rings (SSSR count). The van der Waals surface area contributed by atoms with Crippen LogP contribution in [0.5, 0.6) is 0 Å². The van der Waals surface area contributed by atoms with E-state index in [4.69, 9.17) is 0 Å². The second-order valence-electron chi connectivity index (χ2n) is 4.97. The molecule has 1 aliphatic carbocycles. The van der Waals surface area contributed by atoms with Gasteiger partial charge < -0.3 is 4.98 Å². The molecule has 0 bridgehead atoms. The van der Waals surface area contributed by atoms with Gasteiger partial charge in [0, 0.05) is 11.1 Å². The van der Waals surface area contributed by atoms with Gasteiger partial charge >= 0.3 is 0 Å². The summed E-state index contributed by atoms with van der Waals surface area (Å²) < 4.78 is 0. The van der Waals surface area contributed by atoms with Gasteiger partial charge in [0.15, 0.2) is 0 Å². The first-order valence-electron chi connectivity index (χ1n) is 5.83. The molecular formula is C14H16N2. The molecule has 16 heavy (non-hydrogen) atoms. The minimum Gasteiger partial charge on any atom is -0.344 e. The largest absolute Gasteiger partial charge is 0.344 e. The maximum absolute atomic E-state index is 4.68. The SMILES string of the molecule is Cc1cc2cc3c(nc2[nH]1)C=C(C(C)C)C3. The fourth-order valence-corrected chi connectivity index (χ4v) is 2.34. The van der Waals surface area contributed by atoms with Crippen LogP contribution in [0.1, 0.15) is 30.8 Å². The van der Waals surface area contributed by atoms with E-state index in [1.165, 1.54) is 22.2 Å². The number of fused-ring (bicyclic) bond motifs is 2. The Labute approximate surface area is 95.4 Å². The molecule has 0 unspecified atom stereocenters. The summed E-state index contributed by atoms with van der Waals surface area (Å²) in [5, 5.41) is 1.23. The van der Waals surface area contributed by atoms with E-state index in [-0.39, 0.29) is 0 Å². The second kappa shape index (κ2) is 3.21. The summed E-state index contributed by atoms with van der Waals surface area (Å²) >= 11 is 0. The number of nitrogens with one attached hydrogen (secondary N) is 1. The molecule has 0 atom stereocenters. The first-order chi connectivity index (χ1) is 7.63. The molecule has 1 N–H and O–H groups in total. The monoisotopic (exact) mass is 212 g/mol. The number of H-pyrrole nitrogens is 1. The van der Waals surface area contributed by atoms with E-state index < -0.39 is 0 Å². The molecule has 0 amide bonds. The fourth-order valence-electron chi connectivity index (χ4n) is 2.34. The van der Waals surface area contributed by atoms with Gasteiger partial charge in [-0.2, -0.15) is 0 Å². The van der Waals surface area contributed by atoms with Gasteiger partial charge in [-0.05, 0) is 43.0 Å². The average Bonchev–Trinajstić information content (AvgIpc) is 2.74. The summed E-state index contributed by atoms with van der Waals surface area (Å²) in [6, 6.07) is 4.43. The number of hydrogen-bond acceptors (Lipinski definition) is 1. The van der Waals surface area contributed by atoms with Crippen molar-refractivity contribution in [1.29, 1.82) is 0 Å². The highest BCUT2D eigenvalue weighted by Crippen LogP contribution is 2.30. The molecule has 0 fully saturated rings. The molecule has 2 aromatic heterocycles. The predicted octanol–water partition coefficient (Wildman–Crippen LogP) is 3.47. The normalized spacial score (nSPS) is 14.6. The molecule has 1 aliphatic rings. The number of allylic oxidation sites excluding steroid dienone is 1. The van der Waals surface area contributed by atoms with Crippen molar-refractivity contribution < 1.29 is 0 Å². The maximum Gasteiger partial charge on any atom is 0.138 e. The molecule has 82 valence electrons. The van der Waals surface area contributed by atoms with Crippen molar-refractivity contribution in [3.8, 4) is 0 Å². The number of nitrogens with zero attached hydrogens (tertiary/aromatic N) is 1. The van der Waals surface area contributed by atoms with Crippen LogP contribution in [0.2, 0.25) is 0 Å². The lowest BCUT2D eigenvalue weighted by Crippen LogP contribution is -1.93. The number of aromatic nitrogens is 2. The summed E-state index contributed by atoms with van der Waals surface area (Å²) in [4.78, 5) is 7.97. The van der Waals surface area contributed by atoms with E-state index in [1.54, 1.807) is 0 Å². The fraction of sp³-hybridized carbons (Fsp3) is 0.357. The van der Waals surface area contributed by atoms with Crippen molar-refractivity contribution in [2.45, 2.75) is 27.2 Å². The standard InChI is InChI=1S/C14H16N2/c1-8(2)10-5-11-6-12-4-9(3)15-14(12)16-13(11)7-10/h4,6-8H,5H2,1-3H3,(H,15,16). The molecule has 2 aromatic rings. The lowest BCUT2D eigenvalue weighted by Gasteiger charge is -2.04. The van der Waals surface area contributed by atoms with Gasteiger partial charge in [0.1, 0.15) is 5.65 Å². The van der Waals surface area contributed by atoms with Crippen LogP contribution in [0.3, 0.4) is 0 Å². The van der Waals surface area contributed by atoms with E-state index in [2.05, 4.69) is 48.9 Å². The predicted molar refractivity (Wildman–Crippen MR) is 67.3 cm³/mol. The Hall–Kier alpha value is -1.57. The smallest absolute Gasteiger partial charge is 0.138 e. The highest BCUT2D eigenvalue weighted by Gasteiger charge is 2.17. The zero-order valence-corrected chi connectivity index (χ0v) is 9.96. The Morgan fingerprint density at radius 2 is 2.12 bits per heavy atom. The highest BCUT2D eigenvalue weighted by molar-refractivity contribution is 5.80. The zero-order chi connectivity index (χ0) is 11.3. The number of hydrogen-bond donors (Lipinski definition) is 1. The Bertz CT molecular complexity index is 588. The molecule has 0 saturated heterocycles. The van der Waals surface area contributed by atoms with Crippen LogP contribution in [0.25, 0.3) is 17.1 Å². The molecular weight excluding hydrogens is 196 g/mol. The van der Waals surface area contributed by atoms with E-state index in [0.29, 0.717) is 5.92 Å². The number of aryl methyl sites for hydroxylation is 1. The Balaban J connectivity index is 2.15. The van der Waals surface area contributed by atoms with Crippen molar-refractivity contribution >= 4 is 17.1 Å². The van der Waals surface area contributed by atoms with Crippen LogP contribution in [0.15, 0.2) is 17.7 Å². The zero-order valence-electron chi connectivity index (χ0n) is 9.96. The summed E-state index contributed by atoms with van der Waals surface area (Å²) in [5.41, 5.74) is 6.21. The quantitative estimate of drug-likeness (QED) is 0.770. The highest BCUT2D eigenvalue weighted by atomic mass is 14.9. The van der Waals surface area contributed by atoms with Crippen molar-refractivity contribution in [3.05, 3.63) is 34.7 Å². The summed E-state index contributed by atoms with van der Waals surface area (Å²) in [7, 11) is 0. The molecule has 0 aromatic carbocycles. The lowest BCUT2D eigenvalue weighted by molar-refractivity contribution is 0.755. The molecule has 0 saturated carbocycles. The van der Waals surface area contributed by atoms with E-state index in [0.717, 1.165) is 17.8 Å². The van der Waals surface area contributed by atoms with Crippen LogP contribution in [-0.4, -0.2) is 9.97 Å². The van der Waals surface area contributed by atoms with Gasteiger partial charge in [0.05, 0.1) is 5.69 Å². The first-order valence-corrected chi connectivity index (χ1v) is 5.83. The van der Waals surface area contributed by atoms with Crippen molar-refractivity contribution in [3.63, 3.8) is 0 Å². The van der Waals surface area contributed by atoms with E-state index in [9.17, 15) is 0 Å². The van der Waals surface area contributed by atoms with E-state index in [1.807, 2.05) is 0 Å². The van der Waals surface area contributed by atoms with Gasteiger partial charge in [-0.15, -0.1) is 0 Å². The Kier molecular flexibility index (Phi) is 1.93. The van der Waals surface area contributed by atoms with Crippen LogP contribution >= 0.6 is 0 Å². The lowest BCUT2D eigenvalue weighted by atomic mass is 10.0. The molecule has 2 heterocycles. The molecule has 2 nitrogen and oxygen atoms in total. The minimum absolute atomic E-state index is 0.620. The average molecular weight is 212 g/mol. The summed E-state index contributed by atoms with van der Waals surface area (Å²) in [6.07, 6.45) is 3.32. The molecule has 0 radical (unpaired) electrons. The van der Waals surface area contributed by atoms with Gasteiger partial charge in [-0.25, -0.2) is 4.98 Å². The Morgan fingerprint density at radius 3 is 2.88 bits per heavy atom. The first kappa shape index (κ1) is 9.64.